The van der Waals surface area contributed by atoms with E-state index in [1.807, 2.05) is 18.5 Å². The Hall–Kier alpha value is -1.77. The zero-order chi connectivity index (χ0) is 14.2. The molecule has 4 rings (SSSR count). The summed E-state index contributed by atoms with van der Waals surface area (Å²) in [5.74, 6) is 0.891. The molecule has 2 aromatic rings. The zero-order valence-corrected chi connectivity index (χ0v) is 12.5. The Kier molecular flexibility index (Phi) is 3.21. The maximum absolute atomic E-state index is 6.12. The van der Waals surface area contributed by atoms with Gasteiger partial charge in [-0.1, -0.05) is 12.8 Å². The Morgan fingerprint density at radius 1 is 1.00 bits per heavy atom. The third kappa shape index (κ3) is 2.15. The molecule has 2 fully saturated rings. The second-order valence-electron chi connectivity index (χ2n) is 6.54. The second-order valence-corrected chi connectivity index (χ2v) is 6.54. The minimum absolute atomic E-state index is 0.729. The van der Waals surface area contributed by atoms with Crippen LogP contribution in [0.5, 0.6) is 0 Å². The first kappa shape index (κ1) is 12.9. The molecule has 1 atom stereocenters. The first-order valence-corrected chi connectivity index (χ1v) is 8.23. The number of hydrogen-bond donors (Lipinski definition) is 1. The van der Waals surface area contributed by atoms with E-state index in [0.29, 0.717) is 0 Å². The Morgan fingerprint density at radius 3 is 2.71 bits per heavy atom. The van der Waals surface area contributed by atoms with Gasteiger partial charge >= 0.3 is 0 Å². The Labute approximate surface area is 126 Å². The standard InChI is InChI=1S/C18H23N3/c19-16-7-8-18(14-9-10-20-12-15(14)16)21-11-3-6-17(21)13-4-1-2-5-13/h7-10,12-13,17H,1-6,11,19H2. The highest BCUT2D eigenvalue weighted by molar-refractivity contribution is 6.01. The Morgan fingerprint density at radius 2 is 1.86 bits per heavy atom. The van der Waals surface area contributed by atoms with E-state index in [4.69, 9.17) is 5.73 Å². The van der Waals surface area contributed by atoms with Crippen LogP contribution in [0.15, 0.2) is 30.6 Å². The van der Waals surface area contributed by atoms with Gasteiger partial charge in [-0.25, -0.2) is 0 Å². The van der Waals surface area contributed by atoms with Gasteiger partial charge in [-0.2, -0.15) is 0 Å². The van der Waals surface area contributed by atoms with E-state index < -0.39 is 0 Å². The van der Waals surface area contributed by atoms with Gasteiger partial charge in [0.25, 0.3) is 0 Å². The summed E-state index contributed by atoms with van der Waals surface area (Å²) in [6.45, 7) is 1.18. The molecule has 2 heterocycles. The lowest BCUT2D eigenvalue weighted by Gasteiger charge is -2.32. The Bertz CT molecular complexity index is 646. The van der Waals surface area contributed by atoms with Crippen molar-refractivity contribution in [1.82, 2.24) is 4.98 Å². The van der Waals surface area contributed by atoms with Gasteiger partial charge in [-0.05, 0) is 49.8 Å². The summed E-state index contributed by atoms with van der Waals surface area (Å²) in [6.07, 6.45) is 12.1. The quantitative estimate of drug-likeness (QED) is 0.847. The fraction of sp³-hybridized carbons (Fsp3) is 0.500. The second kappa shape index (κ2) is 5.21. The largest absolute Gasteiger partial charge is 0.398 e. The van der Waals surface area contributed by atoms with Crippen LogP contribution in [0.1, 0.15) is 38.5 Å². The average molecular weight is 281 g/mol. The normalized spacial score (nSPS) is 23.2. The molecule has 1 aliphatic heterocycles. The Balaban J connectivity index is 1.77. The van der Waals surface area contributed by atoms with Crippen LogP contribution in [0.2, 0.25) is 0 Å². The molecule has 2 N–H and O–H groups in total. The van der Waals surface area contributed by atoms with E-state index >= 15 is 0 Å². The minimum atomic E-state index is 0.729. The van der Waals surface area contributed by atoms with Gasteiger partial charge in [0.05, 0.1) is 0 Å². The lowest BCUT2D eigenvalue weighted by molar-refractivity contribution is 0.431. The highest BCUT2D eigenvalue weighted by Gasteiger charge is 2.33. The number of hydrogen-bond acceptors (Lipinski definition) is 3. The predicted octanol–water partition coefficient (Wildman–Crippen LogP) is 3.98. The molecule has 21 heavy (non-hydrogen) atoms. The van der Waals surface area contributed by atoms with Crippen molar-refractivity contribution in [3.63, 3.8) is 0 Å². The third-order valence-corrected chi connectivity index (χ3v) is 5.38. The van der Waals surface area contributed by atoms with Crippen LogP contribution >= 0.6 is 0 Å². The molecule has 0 spiro atoms. The highest BCUT2D eigenvalue weighted by atomic mass is 15.2. The van der Waals surface area contributed by atoms with Gasteiger partial charge < -0.3 is 10.6 Å². The molecule has 1 aliphatic carbocycles. The van der Waals surface area contributed by atoms with Gasteiger partial charge in [-0.15, -0.1) is 0 Å². The van der Waals surface area contributed by atoms with Crippen molar-refractivity contribution in [3.8, 4) is 0 Å². The van der Waals surface area contributed by atoms with Crippen molar-refractivity contribution < 1.29 is 0 Å². The average Bonchev–Trinajstić information content (AvgIpc) is 3.19. The van der Waals surface area contributed by atoms with Crippen LogP contribution in [-0.4, -0.2) is 17.6 Å². The lowest BCUT2D eigenvalue weighted by Crippen LogP contribution is -2.34. The third-order valence-electron chi connectivity index (χ3n) is 5.38. The number of benzene rings is 1. The topological polar surface area (TPSA) is 42.1 Å². The van der Waals surface area contributed by atoms with Crippen LogP contribution in [0.25, 0.3) is 10.8 Å². The number of fused-ring (bicyclic) bond motifs is 1. The van der Waals surface area contributed by atoms with E-state index in [9.17, 15) is 0 Å². The number of aromatic nitrogens is 1. The van der Waals surface area contributed by atoms with Crippen molar-refractivity contribution in [2.24, 2.45) is 5.92 Å². The molecule has 110 valence electrons. The van der Waals surface area contributed by atoms with Gasteiger partial charge in [0.15, 0.2) is 0 Å². The van der Waals surface area contributed by atoms with Crippen LogP contribution < -0.4 is 10.6 Å². The van der Waals surface area contributed by atoms with Gasteiger partial charge in [-0.3, -0.25) is 4.98 Å². The molecular formula is C18H23N3. The molecule has 3 nitrogen and oxygen atoms in total. The van der Waals surface area contributed by atoms with E-state index in [0.717, 1.165) is 23.0 Å². The molecule has 3 heteroatoms. The van der Waals surface area contributed by atoms with Crippen molar-refractivity contribution in [1.29, 1.82) is 0 Å². The van der Waals surface area contributed by atoms with Crippen molar-refractivity contribution in [3.05, 3.63) is 30.6 Å². The van der Waals surface area contributed by atoms with Crippen LogP contribution in [0, 0.1) is 5.92 Å². The molecule has 0 radical (unpaired) electrons. The summed E-state index contributed by atoms with van der Waals surface area (Å²) in [4.78, 5) is 6.89. The highest BCUT2D eigenvalue weighted by Crippen LogP contribution is 2.40. The molecule has 1 unspecified atom stereocenters. The van der Waals surface area contributed by atoms with Gasteiger partial charge in [0.1, 0.15) is 0 Å². The van der Waals surface area contributed by atoms with E-state index in [1.54, 1.807) is 0 Å². The monoisotopic (exact) mass is 281 g/mol. The van der Waals surface area contributed by atoms with Crippen LogP contribution in [-0.2, 0) is 0 Å². The number of nitrogens with two attached hydrogens (primary N) is 1. The number of rotatable bonds is 2. The summed E-state index contributed by atoms with van der Waals surface area (Å²) < 4.78 is 0. The number of nitrogen functional groups attached to an aromatic ring is 1. The summed E-state index contributed by atoms with van der Waals surface area (Å²) in [7, 11) is 0. The van der Waals surface area contributed by atoms with E-state index in [-0.39, 0.29) is 0 Å². The van der Waals surface area contributed by atoms with Crippen molar-refractivity contribution in [2.45, 2.75) is 44.6 Å². The fourth-order valence-electron chi connectivity index (χ4n) is 4.37. The summed E-state index contributed by atoms with van der Waals surface area (Å²) in [5, 5.41) is 2.35. The van der Waals surface area contributed by atoms with Crippen LogP contribution in [0.4, 0.5) is 11.4 Å². The maximum atomic E-state index is 6.12. The lowest BCUT2D eigenvalue weighted by atomic mass is 9.95. The maximum Gasteiger partial charge on any atom is 0.0451 e. The first-order valence-electron chi connectivity index (χ1n) is 8.23. The molecule has 1 aromatic heterocycles. The predicted molar refractivity (Wildman–Crippen MR) is 88.5 cm³/mol. The molecule has 1 saturated heterocycles. The SMILES string of the molecule is Nc1ccc(N2CCCC2C2CCCC2)c2ccncc12. The number of nitrogens with zero attached hydrogens (tertiary/aromatic N) is 2. The molecule has 1 aromatic carbocycles. The van der Waals surface area contributed by atoms with Gasteiger partial charge in [0.2, 0.25) is 0 Å². The van der Waals surface area contributed by atoms with Crippen molar-refractivity contribution >= 4 is 22.1 Å². The number of anilines is 2. The molecule has 2 aliphatic rings. The zero-order valence-electron chi connectivity index (χ0n) is 12.5. The molecule has 0 amide bonds. The van der Waals surface area contributed by atoms with Gasteiger partial charge in [0, 0.05) is 47.1 Å². The molecule has 0 bridgehead atoms. The molecular weight excluding hydrogens is 258 g/mol. The summed E-state index contributed by atoms with van der Waals surface area (Å²) >= 11 is 0. The minimum Gasteiger partial charge on any atom is -0.398 e. The van der Waals surface area contributed by atoms with Crippen LogP contribution in [0.3, 0.4) is 0 Å². The number of pyridine rings is 1. The first-order chi connectivity index (χ1) is 10.3. The summed E-state index contributed by atoms with van der Waals surface area (Å²) in [6, 6.07) is 7.10. The smallest absolute Gasteiger partial charge is 0.0451 e. The molecule has 1 saturated carbocycles. The fourth-order valence-corrected chi connectivity index (χ4v) is 4.37. The van der Waals surface area contributed by atoms with Crippen molar-refractivity contribution in [2.75, 3.05) is 17.2 Å². The van der Waals surface area contributed by atoms with E-state index in [1.165, 1.54) is 56.1 Å². The summed E-state index contributed by atoms with van der Waals surface area (Å²) in [5.41, 5.74) is 8.31. The van der Waals surface area contributed by atoms with E-state index in [2.05, 4.69) is 22.0 Å².